The van der Waals surface area contributed by atoms with Gasteiger partial charge in [-0.1, -0.05) is 81.0 Å². The smallest absolute Gasteiger partial charge is 0.308 e. The standard InChI is InChI=1S/C28H19BrClN3O4S2/c29-16-8-12-19(13-9-16)33-25(35)22-21(15-6-10-17(30)11-7-15)24-27(38-23(22)26(33)36)32(28(37)39-24)14-20(34)31-18-4-2-1-3-5-18/h1-13,21-23H,14H2,(H,31,34). The van der Waals surface area contributed by atoms with Crippen molar-refractivity contribution in [3.8, 4) is 0 Å². The van der Waals surface area contributed by atoms with Crippen LogP contribution in [0.3, 0.4) is 0 Å². The Kier molecular flexibility index (Phi) is 6.96. The van der Waals surface area contributed by atoms with Crippen molar-refractivity contribution in [2.45, 2.75) is 22.7 Å². The van der Waals surface area contributed by atoms with Crippen LogP contribution in [-0.4, -0.2) is 27.5 Å². The van der Waals surface area contributed by atoms with E-state index < -0.39 is 17.1 Å². The van der Waals surface area contributed by atoms with E-state index in [9.17, 15) is 19.2 Å². The lowest BCUT2D eigenvalue weighted by molar-refractivity contribution is -0.122. The molecule has 3 heterocycles. The Hall–Kier alpha value is -3.18. The molecule has 0 radical (unpaired) electrons. The second kappa shape index (κ2) is 10.4. The summed E-state index contributed by atoms with van der Waals surface area (Å²) < 4.78 is 2.23. The fraction of sp³-hybridized carbons (Fsp3) is 0.143. The fourth-order valence-electron chi connectivity index (χ4n) is 4.99. The minimum atomic E-state index is -0.758. The lowest BCUT2D eigenvalue weighted by Gasteiger charge is -2.30. The van der Waals surface area contributed by atoms with E-state index in [1.807, 2.05) is 18.2 Å². The van der Waals surface area contributed by atoms with E-state index in [0.717, 1.165) is 21.4 Å². The van der Waals surface area contributed by atoms with Crippen LogP contribution >= 0.6 is 50.6 Å². The van der Waals surface area contributed by atoms with E-state index in [4.69, 9.17) is 11.6 Å². The summed E-state index contributed by atoms with van der Waals surface area (Å²) in [5.74, 6) is -2.29. The van der Waals surface area contributed by atoms with Crippen molar-refractivity contribution in [1.82, 2.24) is 4.57 Å². The van der Waals surface area contributed by atoms with Gasteiger partial charge in [-0.3, -0.25) is 23.7 Å². The summed E-state index contributed by atoms with van der Waals surface area (Å²) >= 11 is 11.7. The van der Waals surface area contributed by atoms with Crippen molar-refractivity contribution < 1.29 is 14.4 Å². The highest BCUT2D eigenvalue weighted by atomic mass is 79.9. The molecule has 4 aromatic rings. The monoisotopic (exact) mass is 639 g/mol. The normalized spacial score (nSPS) is 20.1. The maximum atomic E-state index is 13.9. The Morgan fingerprint density at radius 2 is 1.62 bits per heavy atom. The van der Waals surface area contributed by atoms with E-state index in [-0.39, 0.29) is 29.1 Å². The first-order valence-electron chi connectivity index (χ1n) is 12.0. The average Bonchev–Trinajstić information content (AvgIpc) is 3.36. The van der Waals surface area contributed by atoms with Crippen LogP contribution in [0.5, 0.6) is 0 Å². The van der Waals surface area contributed by atoms with Gasteiger partial charge in [-0.05, 0) is 54.1 Å². The first-order chi connectivity index (χ1) is 18.8. The number of halogens is 2. The van der Waals surface area contributed by atoms with Crippen molar-refractivity contribution in [2.24, 2.45) is 5.92 Å². The van der Waals surface area contributed by atoms with Crippen LogP contribution in [-0.2, 0) is 20.9 Å². The number of amides is 3. The number of rotatable bonds is 5. The molecule has 6 rings (SSSR count). The number of para-hydroxylation sites is 1. The van der Waals surface area contributed by atoms with E-state index in [1.54, 1.807) is 60.7 Å². The van der Waals surface area contributed by atoms with Gasteiger partial charge in [0.2, 0.25) is 17.7 Å². The van der Waals surface area contributed by atoms with Crippen LogP contribution in [0.25, 0.3) is 0 Å². The van der Waals surface area contributed by atoms with E-state index in [2.05, 4.69) is 21.2 Å². The minimum Gasteiger partial charge on any atom is -0.325 e. The molecular weight excluding hydrogens is 622 g/mol. The van der Waals surface area contributed by atoms with Crippen LogP contribution in [0.2, 0.25) is 5.02 Å². The van der Waals surface area contributed by atoms with Gasteiger partial charge in [-0.15, -0.1) is 0 Å². The van der Waals surface area contributed by atoms with Crippen molar-refractivity contribution >= 4 is 79.7 Å². The number of carbonyl (C=O) groups is 3. The van der Waals surface area contributed by atoms with E-state index in [0.29, 0.717) is 26.3 Å². The number of imide groups is 1. The zero-order valence-electron chi connectivity index (χ0n) is 20.0. The molecule has 3 amide bonds. The number of nitrogens with one attached hydrogen (secondary N) is 1. The van der Waals surface area contributed by atoms with Crippen molar-refractivity contribution in [2.75, 3.05) is 10.2 Å². The molecule has 3 unspecified atom stereocenters. The number of nitrogens with zero attached hydrogens (tertiary/aromatic N) is 2. The molecule has 1 saturated heterocycles. The number of anilines is 2. The third-order valence-corrected chi connectivity index (χ3v) is 10.1. The van der Waals surface area contributed by atoms with Gasteiger partial charge >= 0.3 is 4.87 Å². The van der Waals surface area contributed by atoms with Gasteiger partial charge in [-0.25, -0.2) is 4.90 Å². The van der Waals surface area contributed by atoms with E-state index >= 15 is 0 Å². The summed E-state index contributed by atoms with van der Waals surface area (Å²) in [7, 11) is 0. The Balaban J connectivity index is 1.42. The Morgan fingerprint density at radius 3 is 2.31 bits per heavy atom. The number of thioether (sulfide) groups is 1. The van der Waals surface area contributed by atoms with E-state index in [1.165, 1.54) is 21.2 Å². The van der Waals surface area contributed by atoms with Crippen LogP contribution in [0.15, 0.2) is 93.2 Å². The minimum absolute atomic E-state index is 0.212. The van der Waals surface area contributed by atoms with Crippen molar-refractivity contribution in [3.05, 3.63) is 108 Å². The molecule has 1 N–H and O–H groups in total. The molecule has 3 aromatic carbocycles. The molecular formula is C28H19BrClN3O4S2. The van der Waals surface area contributed by atoms with Gasteiger partial charge in [0, 0.05) is 26.0 Å². The maximum absolute atomic E-state index is 13.9. The molecule has 0 spiro atoms. The lowest BCUT2D eigenvalue weighted by atomic mass is 9.83. The van der Waals surface area contributed by atoms with Crippen LogP contribution < -0.4 is 15.1 Å². The van der Waals surface area contributed by atoms with Gasteiger partial charge in [0.05, 0.1) is 16.6 Å². The van der Waals surface area contributed by atoms with Gasteiger partial charge in [0.1, 0.15) is 11.8 Å². The van der Waals surface area contributed by atoms with Gasteiger partial charge in [0.25, 0.3) is 0 Å². The first-order valence-corrected chi connectivity index (χ1v) is 14.8. The second-order valence-corrected chi connectivity index (χ2v) is 12.6. The highest BCUT2D eigenvalue weighted by Crippen LogP contribution is 2.54. The third-order valence-electron chi connectivity index (χ3n) is 6.72. The van der Waals surface area contributed by atoms with Crippen LogP contribution in [0.1, 0.15) is 16.4 Å². The van der Waals surface area contributed by atoms with Crippen LogP contribution in [0.4, 0.5) is 11.4 Å². The quantitative estimate of drug-likeness (QED) is 0.280. The van der Waals surface area contributed by atoms with Crippen LogP contribution in [0, 0.1) is 5.92 Å². The highest BCUT2D eigenvalue weighted by molar-refractivity contribution is 9.10. The number of hydrogen-bond donors (Lipinski definition) is 1. The maximum Gasteiger partial charge on any atom is 0.308 e. The molecule has 39 heavy (non-hydrogen) atoms. The number of aromatic nitrogens is 1. The SMILES string of the molecule is O=C(Cn1c2c(sc1=O)C(c1ccc(Cl)cc1)C1C(=O)N(c3ccc(Br)cc3)C(=O)C1S2)Nc1ccccc1. The summed E-state index contributed by atoms with van der Waals surface area (Å²) in [4.78, 5) is 55.3. The zero-order chi connectivity index (χ0) is 27.3. The molecule has 1 aromatic heterocycles. The predicted molar refractivity (Wildman–Crippen MR) is 157 cm³/mol. The summed E-state index contributed by atoms with van der Waals surface area (Å²) in [6, 6.07) is 23.1. The largest absolute Gasteiger partial charge is 0.325 e. The summed E-state index contributed by atoms with van der Waals surface area (Å²) in [6.45, 7) is -0.212. The second-order valence-electron chi connectivity index (χ2n) is 9.12. The van der Waals surface area contributed by atoms with Crippen molar-refractivity contribution in [3.63, 3.8) is 0 Å². The summed E-state index contributed by atoms with van der Waals surface area (Å²) in [6.07, 6.45) is 0. The number of hydrogen-bond acceptors (Lipinski definition) is 6. The molecule has 2 aliphatic rings. The van der Waals surface area contributed by atoms with Crippen molar-refractivity contribution in [1.29, 1.82) is 0 Å². The topological polar surface area (TPSA) is 88.5 Å². The predicted octanol–water partition coefficient (Wildman–Crippen LogP) is 5.76. The molecule has 7 nitrogen and oxygen atoms in total. The third kappa shape index (κ3) is 4.75. The Morgan fingerprint density at radius 1 is 0.923 bits per heavy atom. The summed E-state index contributed by atoms with van der Waals surface area (Å²) in [5, 5.41) is 3.12. The molecule has 196 valence electrons. The number of carbonyl (C=O) groups excluding carboxylic acids is 3. The lowest BCUT2D eigenvalue weighted by Crippen LogP contribution is -2.33. The molecule has 0 bridgehead atoms. The Bertz CT molecular complexity index is 1660. The number of benzene rings is 3. The first kappa shape index (κ1) is 26.1. The van der Waals surface area contributed by atoms with Gasteiger partial charge < -0.3 is 5.32 Å². The summed E-state index contributed by atoms with van der Waals surface area (Å²) in [5.41, 5.74) is 1.88. The highest BCUT2D eigenvalue weighted by Gasteiger charge is 2.56. The fourth-order valence-corrected chi connectivity index (χ4v) is 8.16. The molecule has 1 fully saturated rings. The van der Waals surface area contributed by atoms with Gasteiger partial charge in [-0.2, -0.15) is 0 Å². The molecule has 0 saturated carbocycles. The Labute approximate surface area is 244 Å². The molecule has 11 heteroatoms. The molecule has 0 aliphatic carbocycles. The zero-order valence-corrected chi connectivity index (χ0v) is 24.0. The average molecular weight is 641 g/mol. The van der Waals surface area contributed by atoms with Gasteiger partial charge in [0.15, 0.2) is 0 Å². The number of thiazole rings is 1. The molecule has 3 atom stereocenters. The number of fused-ring (bicyclic) bond motifs is 2. The molecule has 2 aliphatic heterocycles.